The molecule has 0 saturated heterocycles. The average Bonchev–Trinajstić information content (AvgIpc) is 3.21. The fourth-order valence-electron chi connectivity index (χ4n) is 2.35. The van der Waals surface area contributed by atoms with Crippen LogP contribution in [0.1, 0.15) is 28.7 Å². The van der Waals surface area contributed by atoms with Gasteiger partial charge in [-0.05, 0) is 31.5 Å². The smallest absolute Gasteiger partial charge is 0.272 e. The van der Waals surface area contributed by atoms with Crippen LogP contribution in [0.2, 0.25) is 10.0 Å². The summed E-state index contributed by atoms with van der Waals surface area (Å²) in [6.45, 7) is 4.47. The molecule has 0 fully saturated rings. The molecule has 1 amide bonds. The number of amides is 1. The van der Waals surface area contributed by atoms with Crippen LogP contribution in [0, 0.1) is 6.92 Å². The second-order valence-corrected chi connectivity index (χ2v) is 7.90. The molecule has 2 heterocycles. The standard InChI is InChI=1S/C17H15Cl2N3OS2/c1-3-6-22(16(23)15-10(2)20-9-25-15)17-21-14(8-24-17)12-5-4-11(18)7-13(12)19/h4-5,7-9H,3,6H2,1-2H3. The molecule has 0 radical (unpaired) electrons. The summed E-state index contributed by atoms with van der Waals surface area (Å²) in [7, 11) is 0. The first-order chi connectivity index (χ1) is 12.0. The zero-order chi connectivity index (χ0) is 18.0. The van der Waals surface area contributed by atoms with E-state index in [2.05, 4.69) is 9.97 Å². The summed E-state index contributed by atoms with van der Waals surface area (Å²) in [6.07, 6.45) is 0.834. The van der Waals surface area contributed by atoms with E-state index in [-0.39, 0.29) is 5.91 Å². The summed E-state index contributed by atoms with van der Waals surface area (Å²) in [5.41, 5.74) is 3.96. The average molecular weight is 412 g/mol. The topological polar surface area (TPSA) is 46.1 Å². The number of aromatic nitrogens is 2. The zero-order valence-corrected chi connectivity index (χ0v) is 16.8. The quantitative estimate of drug-likeness (QED) is 0.521. The largest absolute Gasteiger partial charge is 0.283 e. The summed E-state index contributed by atoms with van der Waals surface area (Å²) in [5.74, 6) is -0.0649. The molecule has 3 rings (SSSR count). The Morgan fingerprint density at radius 2 is 2.08 bits per heavy atom. The first-order valence-corrected chi connectivity index (χ1v) is 10.2. The maximum Gasteiger partial charge on any atom is 0.272 e. The van der Waals surface area contributed by atoms with E-state index in [1.807, 2.05) is 25.3 Å². The van der Waals surface area contributed by atoms with E-state index in [0.29, 0.717) is 26.6 Å². The van der Waals surface area contributed by atoms with Gasteiger partial charge in [-0.1, -0.05) is 30.1 Å². The molecule has 1 aromatic carbocycles. The lowest BCUT2D eigenvalue weighted by atomic mass is 10.2. The van der Waals surface area contributed by atoms with Gasteiger partial charge in [0.25, 0.3) is 5.91 Å². The minimum atomic E-state index is -0.0649. The number of hydrogen-bond acceptors (Lipinski definition) is 5. The van der Waals surface area contributed by atoms with Crippen LogP contribution >= 0.6 is 45.9 Å². The van der Waals surface area contributed by atoms with Crippen molar-refractivity contribution in [2.45, 2.75) is 20.3 Å². The first kappa shape index (κ1) is 18.3. The molecule has 0 saturated carbocycles. The third kappa shape index (κ3) is 3.87. The van der Waals surface area contributed by atoms with Crippen molar-refractivity contribution in [3.05, 3.63) is 49.7 Å². The summed E-state index contributed by atoms with van der Waals surface area (Å²) in [6, 6.07) is 5.30. The van der Waals surface area contributed by atoms with Crippen molar-refractivity contribution in [1.82, 2.24) is 9.97 Å². The monoisotopic (exact) mass is 411 g/mol. The van der Waals surface area contributed by atoms with Gasteiger partial charge >= 0.3 is 0 Å². The van der Waals surface area contributed by atoms with Gasteiger partial charge in [0.2, 0.25) is 0 Å². The number of rotatable bonds is 5. The minimum Gasteiger partial charge on any atom is -0.283 e. The molecule has 8 heteroatoms. The molecular formula is C17H15Cl2N3OS2. The molecule has 0 aliphatic rings. The van der Waals surface area contributed by atoms with Crippen LogP contribution in [0.4, 0.5) is 5.13 Å². The van der Waals surface area contributed by atoms with Gasteiger partial charge in [0.05, 0.1) is 21.9 Å². The summed E-state index contributed by atoms with van der Waals surface area (Å²) in [4.78, 5) is 24.1. The Labute approximate surface area is 164 Å². The molecular weight excluding hydrogens is 397 g/mol. The van der Waals surface area contributed by atoms with E-state index in [9.17, 15) is 4.79 Å². The highest BCUT2D eigenvalue weighted by Crippen LogP contribution is 2.34. The zero-order valence-electron chi connectivity index (χ0n) is 13.6. The highest BCUT2D eigenvalue weighted by molar-refractivity contribution is 7.14. The van der Waals surface area contributed by atoms with E-state index >= 15 is 0 Å². The molecule has 0 aliphatic carbocycles. The minimum absolute atomic E-state index is 0.0649. The van der Waals surface area contributed by atoms with Gasteiger partial charge in [0, 0.05) is 22.5 Å². The molecule has 0 aliphatic heterocycles. The molecule has 25 heavy (non-hydrogen) atoms. The van der Waals surface area contributed by atoms with Crippen molar-refractivity contribution in [3.8, 4) is 11.3 Å². The van der Waals surface area contributed by atoms with Crippen LogP contribution in [-0.4, -0.2) is 22.4 Å². The summed E-state index contributed by atoms with van der Waals surface area (Å²) in [5, 5.41) is 3.67. The molecule has 0 unspecified atom stereocenters. The highest BCUT2D eigenvalue weighted by Gasteiger charge is 2.23. The van der Waals surface area contributed by atoms with Crippen LogP contribution in [0.3, 0.4) is 0 Å². The third-order valence-electron chi connectivity index (χ3n) is 3.56. The second-order valence-electron chi connectivity index (χ2n) is 5.36. The van der Waals surface area contributed by atoms with Gasteiger partial charge in [-0.15, -0.1) is 22.7 Å². The van der Waals surface area contributed by atoms with Crippen LogP contribution in [0.25, 0.3) is 11.3 Å². The molecule has 3 aromatic rings. The van der Waals surface area contributed by atoms with E-state index in [4.69, 9.17) is 23.2 Å². The van der Waals surface area contributed by atoms with Crippen LogP contribution in [0.5, 0.6) is 0 Å². The molecule has 4 nitrogen and oxygen atoms in total. The highest BCUT2D eigenvalue weighted by atomic mass is 35.5. The van der Waals surface area contributed by atoms with Crippen molar-refractivity contribution < 1.29 is 4.79 Å². The predicted molar refractivity (Wildman–Crippen MR) is 106 cm³/mol. The molecule has 0 atom stereocenters. The van der Waals surface area contributed by atoms with Crippen molar-refractivity contribution in [2.24, 2.45) is 0 Å². The number of carbonyl (C=O) groups is 1. The van der Waals surface area contributed by atoms with Gasteiger partial charge in [-0.3, -0.25) is 9.69 Å². The lowest BCUT2D eigenvalue weighted by Crippen LogP contribution is -2.31. The number of thiazole rings is 2. The number of anilines is 1. The van der Waals surface area contributed by atoms with Gasteiger partial charge in [-0.2, -0.15) is 0 Å². The summed E-state index contributed by atoms with van der Waals surface area (Å²) >= 11 is 15.0. The SMILES string of the molecule is CCCN(C(=O)c1scnc1C)c1nc(-c2ccc(Cl)cc2Cl)cs1. The Morgan fingerprint density at radius 1 is 1.28 bits per heavy atom. The number of aryl methyl sites for hydroxylation is 1. The van der Waals surface area contributed by atoms with Crippen molar-refractivity contribution >= 4 is 56.9 Å². The summed E-state index contributed by atoms with van der Waals surface area (Å²) < 4.78 is 0. The molecule has 130 valence electrons. The maximum absolute atomic E-state index is 12.9. The van der Waals surface area contributed by atoms with Crippen LogP contribution in [0.15, 0.2) is 29.1 Å². The fraction of sp³-hybridized carbons (Fsp3) is 0.235. The molecule has 0 spiro atoms. The normalized spacial score (nSPS) is 10.9. The number of benzene rings is 1. The van der Waals surface area contributed by atoms with Gasteiger partial charge in [0.15, 0.2) is 5.13 Å². The van der Waals surface area contributed by atoms with Crippen LogP contribution < -0.4 is 4.90 Å². The van der Waals surface area contributed by atoms with Gasteiger partial charge in [0.1, 0.15) is 4.88 Å². The fourth-order valence-corrected chi connectivity index (χ4v) is 4.45. The molecule has 2 aromatic heterocycles. The Morgan fingerprint density at radius 3 is 2.72 bits per heavy atom. The van der Waals surface area contributed by atoms with E-state index < -0.39 is 0 Å². The van der Waals surface area contributed by atoms with E-state index in [0.717, 1.165) is 23.4 Å². The van der Waals surface area contributed by atoms with Gasteiger partial charge < -0.3 is 0 Å². The van der Waals surface area contributed by atoms with Crippen molar-refractivity contribution in [2.75, 3.05) is 11.4 Å². The third-order valence-corrected chi connectivity index (χ3v) is 5.89. The lowest BCUT2D eigenvalue weighted by Gasteiger charge is -2.18. The Kier molecular flexibility index (Phi) is 5.74. The second kappa shape index (κ2) is 7.83. The number of carbonyl (C=O) groups excluding carboxylic acids is 1. The van der Waals surface area contributed by atoms with Crippen molar-refractivity contribution in [1.29, 1.82) is 0 Å². The van der Waals surface area contributed by atoms with Crippen molar-refractivity contribution in [3.63, 3.8) is 0 Å². The Bertz CT molecular complexity index is 907. The molecule has 0 N–H and O–H groups in total. The number of halogens is 2. The first-order valence-electron chi connectivity index (χ1n) is 7.64. The van der Waals surface area contributed by atoms with Crippen LogP contribution in [-0.2, 0) is 0 Å². The van der Waals surface area contributed by atoms with Gasteiger partial charge in [-0.25, -0.2) is 9.97 Å². The van der Waals surface area contributed by atoms with E-state index in [1.165, 1.54) is 22.7 Å². The number of nitrogens with zero attached hydrogens (tertiary/aromatic N) is 3. The molecule has 0 bridgehead atoms. The Balaban J connectivity index is 1.95. The lowest BCUT2D eigenvalue weighted by molar-refractivity contribution is 0.0990. The number of hydrogen-bond donors (Lipinski definition) is 0. The maximum atomic E-state index is 12.9. The Hall–Kier alpha value is -1.47. The van der Waals surface area contributed by atoms with E-state index in [1.54, 1.807) is 22.5 Å². The predicted octanol–water partition coefficient (Wildman–Crippen LogP) is 5.94.